The molecule has 0 unspecified atom stereocenters. The zero-order chi connectivity index (χ0) is 15.2. The van der Waals surface area contributed by atoms with Crippen molar-refractivity contribution in [2.45, 2.75) is 32.6 Å². The van der Waals surface area contributed by atoms with Crippen molar-refractivity contribution in [2.24, 2.45) is 5.92 Å². The average molecular weight is 290 g/mol. The Balaban J connectivity index is 1.79. The SMILES string of the molecule is Cc1cccc(NC(=O)N2CCC(CCC(=O)O)CC2)c1. The topological polar surface area (TPSA) is 69.6 Å². The number of urea groups is 1. The van der Waals surface area contributed by atoms with Crippen LogP contribution in [0.25, 0.3) is 0 Å². The minimum Gasteiger partial charge on any atom is -0.481 e. The lowest BCUT2D eigenvalue weighted by molar-refractivity contribution is -0.137. The van der Waals surface area contributed by atoms with E-state index in [2.05, 4.69) is 5.32 Å². The number of carbonyl (C=O) groups excluding carboxylic acids is 1. The third-order valence-electron chi connectivity index (χ3n) is 3.94. The van der Waals surface area contributed by atoms with Gasteiger partial charge in [-0.25, -0.2) is 4.79 Å². The smallest absolute Gasteiger partial charge is 0.321 e. The zero-order valence-electron chi connectivity index (χ0n) is 12.3. The van der Waals surface area contributed by atoms with Crippen molar-refractivity contribution in [1.29, 1.82) is 0 Å². The van der Waals surface area contributed by atoms with Crippen LogP contribution in [0.4, 0.5) is 10.5 Å². The molecule has 0 aromatic heterocycles. The Hall–Kier alpha value is -2.04. The fourth-order valence-electron chi connectivity index (χ4n) is 2.68. The van der Waals surface area contributed by atoms with Gasteiger partial charge in [0.25, 0.3) is 0 Å². The number of carboxylic acids is 1. The number of amides is 2. The van der Waals surface area contributed by atoms with Gasteiger partial charge in [0.2, 0.25) is 0 Å². The number of aliphatic carboxylic acids is 1. The molecule has 1 saturated heterocycles. The summed E-state index contributed by atoms with van der Waals surface area (Å²) < 4.78 is 0. The van der Waals surface area contributed by atoms with Crippen molar-refractivity contribution in [3.8, 4) is 0 Å². The van der Waals surface area contributed by atoms with Crippen LogP contribution >= 0.6 is 0 Å². The number of piperidine rings is 1. The molecular weight excluding hydrogens is 268 g/mol. The molecule has 114 valence electrons. The molecule has 0 bridgehead atoms. The van der Waals surface area contributed by atoms with Gasteiger partial charge in [0.1, 0.15) is 0 Å². The van der Waals surface area contributed by atoms with Gasteiger partial charge in [0.05, 0.1) is 0 Å². The first-order valence-corrected chi connectivity index (χ1v) is 7.39. The fraction of sp³-hybridized carbons (Fsp3) is 0.500. The number of aryl methyl sites for hydroxylation is 1. The van der Waals surface area contributed by atoms with Crippen LogP contribution in [0.1, 0.15) is 31.2 Å². The second-order valence-corrected chi connectivity index (χ2v) is 5.66. The van der Waals surface area contributed by atoms with Gasteiger partial charge in [0, 0.05) is 25.2 Å². The van der Waals surface area contributed by atoms with E-state index >= 15 is 0 Å². The van der Waals surface area contributed by atoms with E-state index in [0.717, 1.165) is 24.1 Å². The van der Waals surface area contributed by atoms with Gasteiger partial charge in [-0.3, -0.25) is 4.79 Å². The van der Waals surface area contributed by atoms with Crippen molar-refractivity contribution in [2.75, 3.05) is 18.4 Å². The molecule has 2 rings (SSSR count). The number of hydrogen-bond acceptors (Lipinski definition) is 2. The second-order valence-electron chi connectivity index (χ2n) is 5.66. The highest BCUT2D eigenvalue weighted by Crippen LogP contribution is 2.22. The first kappa shape index (κ1) is 15.4. The van der Waals surface area contributed by atoms with Crippen LogP contribution in [-0.4, -0.2) is 35.1 Å². The molecule has 2 amide bonds. The lowest BCUT2D eigenvalue weighted by atomic mass is 9.92. The summed E-state index contributed by atoms with van der Waals surface area (Å²) in [4.78, 5) is 24.5. The Morgan fingerprint density at radius 3 is 2.67 bits per heavy atom. The molecule has 1 aliphatic heterocycles. The molecule has 2 N–H and O–H groups in total. The summed E-state index contributed by atoms with van der Waals surface area (Å²) in [5.74, 6) is -0.321. The van der Waals surface area contributed by atoms with Gasteiger partial charge >= 0.3 is 12.0 Å². The lowest BCUT2D eigenvalue weighted by Gasteiger charge is -2.31. The standard InChI is InChI=1S/C16H22N2O3/c1-12-3-2-4-14(11-12)17-16(21)18-9-7-13(8-10-18)5-6-15(19)20/h2-4,11,13H,5-10H2,1H3,(H,17,21)(H,19,20). The number of hydrogen-bond donors (Lipinski definition) is 2. The number of likely N-dealkylation sites (tertiary alicyclic amines) is 1. The molecule has 0 spiro atoms. The molecule has 0 saturated carbocycles. The molecule has 5 heteroatoms. The Kier molecular flexibility index (Phi) is 5.20. The van der Waals surface area contributed by atoms with Gasteiger partial charge < -0.3 is 15.3 Å². The number of carbonyl (C=O) groups is 2. The van der Waals surface area contributed by atoms with Crippen molar-refractivity contribution in [3.63, 3.8) is 0 Å². The lowest BCUT2D eigenvalue weighted by Crippen LogP contribution is -2.41. The first-order valence-electron chi connectivity index (χ1n) is 7.39. The highest BCUT2D eigenvalue weighted by atomic mass is 16.4. The third-order valence-corrected chi connectivity index (χ3v) is 3.94. The summed E-state index contributed by atoms with van der Waals surface area (Å²) >= 11 is 0. The monoisotopic (exact) mass is 290 g/mol. The number of nitrogens with one attached hydrogen (secondary N) is 1. The molecule has 1 heterocycles. The summed E-state index contributed by atoms with van der Waals surface area (Å²) in [6, 6.07) is 7.66. The summed E-state index contributed by atoms with van der Waals surface area (Å²) in [5.41, 5.74) is 1.92. The highest BCUT2D eigenvalue weighted by molar-refractivity contribution is 5.89. The third kappa shape index (κ3) is 4.77. The molecule has 1 aromatic carbocycles. The van der Waals surface area contributed by atoms with Crippen LogP contribution in [0.5, 0.6) is 0 Å². The summed E-state index contributed by atoms with van der Waals surface area (Å²) in [7, 11) is 0. The van der Waals surface area contributed by atoms with E-state index in [9.17, 15) is 9.59 Å². The summed E-state index contributed by atoms with van der Waals surface area (Å²) in [5, 5.41) is 11.6. The Morgan fingerprint density at radius 2 is 2.05 bits per heavy atom. The van der Waals surface area contributed by atoms with Gasteiger partial charge in [-0.1, -0.05) is 12.1 Å². The fourth-order valence-corrected chi connectivity index (χ4v) is 2.68. The first-order chi connectivity index (χ1) is 10.0. The summed E-state index contributed by atoms with van der Waals surface area (Å²) in [6.45, 7) is 3.38. The largest absolute Gasteiger partial charge is 0.481 e. The molecular formula is C16H22N2O3. The van der Waals surface area contributed by atoms with Crippen molar-refractivity contribution in [1.82, 2.24) is 4.90 Å². The maximum absolute atomic E-state index is 12.2. The van der Waals surface area contributed by atoms with E-state index < -0.39 is 5.97 Å². The van der Waals surface area contributed by atoms with Crippen molar-refractivity contribution in [3.05, 3.63) is 29.8 Å². The Morgan fingerprint density at radius 1 is 1.33 bits per heavy atom. The minimum absolute atomic E-state index is 0.0720. The normalized spacial score (nSPS) is 15.8. The van der Waals surface area contributed by atoms with Crippen LogP contribution in [0.15, 0.2) is 24.3 Å². The van der Waals surface area contributed by atoms with Crippen molar-refractivity contribution < 1.29 is 14.7 Å². The van der Waals surface area contributed by atoms with Gasteiger partial charge in [-0.15, -0.1) is 0 Å². The molecule has 5 nitrogen and oxygen atoms in total. The van der Waals surface area contributed by atoms with E-state index in [-0.39, 0.29) is 12.5 Å². The number of benzene rings is 1. The predicted octanol–water partition coefficient (Wildman–Crippen LogP) is 3.10. The highest BCUT2D eigenvalue weighted by Gasteiger charge is 2.23. The van der Waals surface area contributed by atoms with Crippen LogP contribution < -0.4 is 5.32 Å². The Labute approximate surface area is 125 Å². The van der Waals surface area contributed by atoms with E-state index in [1.165, 1.54) is 0 Å². The summed E-state index contributed by atoms with van der Waals surface area (Å²) in [6.07, 6.45) is 2.70. The van der Waals surface area contributed by atoms with Gasteiger partial charge in [-0.2, -0.15) is 0 Å². The number of rotatable bonds is 4. The quantitative estimate of drug-likeness (QED) is 0.895. The molecule has 1 fully saturated rings. The van der Waals surface area contributed by atoms with E-state index in [0.29, 0.717) is 25.4 Å². The van der Waals surface area contributed by atoms with Crippen LogP contribution in [0, 0.1) is 12.8 Å². The number of nitrogens with zero attached hydrogens (tertiary/aromatic N) is 1. The number of anilines is 1. The molecule has 0 atom stereocenters. The predicted molar refractivity (Wildman–Crippen MR) is 81.4 cm³/mol. The molecule has 0 aliphatic carbocycles. The maximum Gasteiger partial charge on any atom is 0.321 e. The Bertz CT molecular complexity index is 508. The second kappa shape index (κ2) is 7.11. The zero-order valence-corrected chi connectivity index (χ0v) is 12.3. The van der Waals surface area contributed by atoms with E-state index in [1.54, 1.807) is 4.90 Å². The minimum atomic E-state index is -0.741. The van der Waals surface area contributed by atoms with E-state index in [4.69, 9.17) is 5.11 Å². The number of carboxylic acid groups (broad SMARTS) is 1. The van der Waals surface area contributed by atoms with E-state index in [1.807, 2.05) is 31.2 Å². The van der Waals surface area contributed by atoms with Crippen LogP contribution in [-0.2, 0) is 4.79 Å². The molecule has 1 aliphatic rings. The van der Waals surface area contributed by atoms with Crippen LogP contribution in [0.3, 0.4) is 0 Å². The molecule has 0 radical (unpaired) electrons. The van der Waals surface area contributed by atoms with Crippen molar-refractivity contribution >= 4 is 17.7 Å². The van der Waals surface area contributed by atoms with Crippen LogP contribution in [0.2, 0.25) is 0 Å². The van der Waals surface area contributed by atoms with Gasteiger partial charge in [-0.05, 0) is 49.8 Å². The average Bonchev–Trinajstić information content (AvgIpc) is 2.45. The molecule has 21 heavy (non-hydrogen) atoms. The molecule has 1 aromatic rings. The van der Waals surface area contributed by atoms with Gasteiger partial charge in [0.15, 0.2) is 0 Å². The maximum atomic E-state index is 12.2.